The maximum Gasteiger partial charge on any atom is 0.415 e. The summed E-state index contributed by atoms with van der Waals surface area (Å²) < 4.78 is 5.46. The summed E-state index contributed by atoms with van der Waals surface area (Å²) >= 11 is 0. The van der Waals surface area contributed by atoms with E-state index in [2.05, 4.69) is 4.98 Å². The van der Waals surface area contributed by atoms with Gasteiger partial charge in [-0.3, -0.25) is 4.90 Å². The Kier molecular flexibility index (Phi) is 3.21. The average Bonchev–Trinajstić information content (AvgIpc) is 2.55. The fraction of sp³-hybridized carbons (Fsp3) is 0.533. The number of pyridine rings is 1. The summed E-state index contributed by atoms with van der Waals surface area (Å²) in [6.07, 6.45) is 1.87. The lowest BCUT2D eigenvalue weighted by atomic mass is 9.99. The van der Waals surface area contributed by atoms with Crippen molar-refractivity contribution < 1.29 is 9.53 Å². The van der Waals surface area contributed by atoms with Gasteiger partial charge in [0.25, 0.3) is 0 Å². The Morgan fingerprint density at radius 1 is 1.50 bits per heavy atom. The van der Waals surface area contributed by atoms with Gasteiger partial charge in [0.05, 0.1) is 11.9 Å². The predicted molar refractivity (Wildman–Crippen MR) is 75.4 cm³/mol. The van der Waals surface area contributed by atoms with Gasteiger partial charge in [0, 0.05) is 5.54 Å². The number of rotatable bonds is 0. The van der Waals surface area contributed by atoms with Crippen molar-refractivity contribution in [3.63, 3.8) is 0 Å². The molecule has 1 aromatic rings. The van der Waals surface area contributed by atoms with Crippen LogP contribution in [0.5, 0.6) is 0 Å². The number of fused-ring (bicyclic) bond motifs is 1. The molecule has 0 bridgehead atoms. The number of nitriles is 1. The third kappa shape index (κ3) is 2.60. The number of nitrogens with zero attached hydrogens (tertiary/aromatic N) is 3. The summed E-state index contributed by atoms with van der Waals surface area (Å²) in [5.41, 5.74) is 1.11. The summed E-state index contributed by atoms with van der Waals surface area (Å²) in [5, 5.41) is 8.91. The summed E-state index contributed by atoms with van der Waals surface area (Å²) in [4.78, 5) is 18.1. The Balaban J connectivity index is 2.40. The first-order valence-electron chi connectivity index (χ1n) is 6.56. The van der Waals surface area contributed by atoms with Crippen LogP contribution < -0.4 is 4.90 Å². The molecule has 0 saturated heterocycles. The van der Waals surface area contributed by atoms with Gasteiger partial charge in [0.15, 0.2) is 0 Å². The van der Waals surface area contributed by atoms with Crippen molar-refractivity contribution in [2.75, 3.05) is 4.90 Å². The van der Waals surface area contributed by atoms with E-state index in [-0.39, 0.29) is 11.6 Å². The van der Waals surface area contributed by atoms with Crippen LogP contribution >= 0.6 is 0 Å². The number of carbonyl (C=O) groups is 1. The van der Waals surface area contributed by atoms with E-state index in [0.29, 0.717) is 12.1 Å². The van der Waals surface area contributed by atoms with Gasteiger partial charge in [-0.05, 0) is 52.7 Å². The Hall–Kier alpha value is -2.09. The number of anilines is 1. The van der Waals surface area contributed by atoms with Crippen molar-refractivity contribution in [2.45, 2.75) is 52.2 Å². The minimum atomic E-state index is -0.546. The van der Waals surface area contributed by atoms with Gasteiger partial charge in [-0.1, -0.05) is 0 Å². The molecule has 5 heteroatoms. The molecule has 2 rings (SSSR count). The van der Waals surface area contributed by atoms with Crippen LogP contribution in [-0.4, -0.2) is 22.2 Å². The highest BCUT2D eigenvalue weighted by Gasteiger charge is 2.42. The Morgan fingerprint density at radius 2 is 2.15 bits per heavy atom. The highest BCUT2D eigenvalue weighted by Crippen LogP contribution is 2.39. The largest absolute Gasteiger partial charge is 0.443 e. The van der Waals surface area contributed by atoms with Crippen molar-refractivity contribution in [3.05, 3.63) is 23.5 Å². The number of hydrogen-bond acceptors (Lipinski definition) is 4. The van der Waals surface area contributed by atoms with Gasteiger partial charge in [-0.2, -0.15) is 5.26 Å². The van der Waals surface area contributed by atoms with Crippen LogP contribution in [0.3, 0.4) is 0 Å². The molecule has 0 aliphatic carbocycles. The van der Waals surface area contributed by atoms with Gasteiger partial charge < -0.3 is 4.74 Å². The van der Waals surface area contributed by atoms with Crippen molar-refractivity contribution in [1.82, 2.24) is 4.98 Å². The topological polar surface area (TPSA) is 66.2 Å². The summed E-state index contributed by atoms with van der Waals surface area (Å²) in [7, 11) is 0. The Morgan fingerprint density at radius 3 is 2.70 bits per heavy atom. The fourth-order valence-corrected chi connectivity index (χ4v) is 2.42. The van der Waals surface area contributed by atoms with Crippen molar-refractivity contribution in [3.8, 4) is 6.07 Å². The molecule has 2 heterocycles. The van der Waals surface area contributed by atoms with E-state index >= 15 is 0 Å². The molecule has 0 spiro atoms. The molecule has 0 aromatic carbocycles. The highest BCUT2D eigenvalue weighted by atomic mass is 16.6. The summed E-state index contributed by atoms with van der Waals surface area (Å²) in [6.45, 7) is 9.47. The van der Waals surface area contributed by atoms with Crippen LogP contribution in [0.4, 0.5) is 10.5 Å². The lowest BCUT2D eigenvalue weighted by Crippen LogP contribution is -2.47. The molecule has 106 valence electrons. The second-order valence-electron chi connectivity index (χ2n) is 6.62. The molecule has 1 aliphatic heterocycles. The SMILES string of the molecule is CC(C)(C)OC(=O)N1c2cnc(C#N)cc2CC1(C)C. The maximum absolute atomic E-state index is 12.4. The third-order valence-corrected chi connectivity index (χ3v) is 3.13. The van der Waals surface area contributed by atoms with Crippen LogP contribution in [0.15, 0.2) is 12.3 Å². The molecule has 0 saturated carbocycles. The number of ether oxygens (including phenoxy) is 1. The second kappa shape index (κ2) is 4.48. The Bertz CT molecular complexity index is 594. The molecule has 20 heavy (non-hydrogen) atoms. The smallest absolute Gasteiger partial charge is 0.415 e. The molecule has 0 fully saturated rings. The van der Waals surface area contributed by atoms with Crippen molar-refractivity contribution in [1.29, 1.82) is 5.26 Å². The van der Waals surface area contributed by atoms with E-state index in [9.17, 15) is 4.79 Å². The maximum atomic E-state index is 12.4. The molecule has 0 atom stereocenters. The standard InChI is InChI=1S/C15H19N3O2/c1-14(2,3)20-13(19)18-12-9-17-11(8-16)6-10(12)7-15(18,4)5/h6,9H,7H2,1-5H3. The van der Waals surface area contributed by atoms with Crippen LogP contribution in [-0.2, 0) is 11.2 Å². The van der Waals surface area contributed by atoms with Crippen LogP contribution in [0, 0.1) is 11.3 Å². The molecule has 1 amide bonds. The van der Waals surface area contributed by atoms with E-state index in [1.165, 1.54) is 0 Å². The first kappa shape index (κ1) is 14.3. The van der Waals surface area contributed by atoms with Gasteiger partial charge in [-0.25, -0.2) is 9.78 Å². The van der Waals surface area contributed by atoms with E-state index < -0.39 is 5.60 Å². The zero-order valence-corrected chi connectivity index (χ0v) is 12.5. The van der Waals surface area contributed by atoms with E-state index in [0.717, 1.165) is 11.3 Å². The second-order valence-corrected chi connectivity index (χ2v) is 6.62. The molecular formula is C15H19N3O2. The van der Waals surface area contributed by atoms with Gasteiger partial charge in [0.1, 0.15) is 17.4 Å². The third-order valence-electron chi connectivity index (χ3n) is 3.13. The lowest BCUT2D eigenvalue weighted by Gasteiger charge is -2.33. The molecular weight excluding hydrogens is 254 g/mol. The first-order valence-corrected chi connectivity index (χ1v) is 6.56. The summed E-state index contributed by atoms with van der Waals surface area (Å²) in [5.74, 6) is 0. The van der Waals surface area contributed by atoms with Gasteiger partial charge in [-0.15, -0.1) is 0 Å². The molecule has 0 N–H and O–H groups in total. The Labute approximate surface area is 119 Å². The van der Waals surface area contributed by atoms with Crippen LogP contribution in [0.2, 0.25) is 0 Å². The molecule has 1 aromatic heterocycles. The number of hydrogen-bond donors (Lipinski definition) is 0. The number of amides is 1. The molecule has 1 aliphatic rings. The zero-order valence-electron chi connectivity index (χ0n) is 12.5. The van der Waals surface area contributed by atoms with Crippen LogP contribution in [0.1, 0.15) is 45.9 Å². The average molecular weight is 273 g/mol. The minimum absolute atomic E-state index is 0.366. The minimum Gasteiger partial charge on any atom is -0.443 e. The van der Waals surface area contributed by atoms with Crippen molar-refractivity contribution in [2.24, 2.45) is 0 Å². The molecule has 0 unspecified atom stereocenters. The highest BCUT2D eigenvalue weighted by molar-refractivity contribution is 5.92. The fourth-order valence-electron chi connectivity index (χ4n) is 2.42. The van der Waals surface area contributed by atoms with E-state index in [4.69, 9.17) is 10.00 Å². The predicted octanol–water partition coefficient (Wildman–Crippen LogP) is 3.03. The quantitative estimate of drug-likeness (QED) is 0.728. The monoisotopic (exact) mass is 273 g/mol. The lowest BCUT2D eigenvalue weighted by molar-refractivity contribution is 0.0552. The van der Waals surface area contributed by atoms with Gasteiger partial charge >= 0.3 is 6.09 Å². The summed E-state index contributed by atoms with van der Waals surface area (Å²) in [6, 6.07) is 3.76. The molecule has 5 nitrogen and oxygen atoms in total. The van der Waals surface area contributed by atoms with E-state index in [1.807, 2.05) is 40.7 Å². The zero-order chi connectivity index (χ0) is 15.1. The van der Waals surface area contributed by atoms with Gasteiger partial charge in [0.2, 0.25) is 0 Å². The number of carbonyl (C=O) groups excluding carboxylic acids is 1. The molecule has 0 radical (unpaired) electrons. The number of aromatic nitrogens is 1. The van der Waals surface area contributed by atoms with E-state index in [1.54, 1.807) is 17.2 Å². The first-order chi connectivity index (χ1) is 9.14. The van der Waals surface area contributed by atoms with Crippen molar-refractivity contribution >= 4 is 11.8 Å². The van der Waals surface area contributed by atoms with Crippen LogP contribution in [0.25, 0.3) is 0 Å². The normalized spacial score (nSPS) is 16.5.